The normalized spacial score (nSPS) is 11.9. The lowest BCUT2D eigenvalue weighted by Crippen LogP contribution is -2.15. The number of rotatable bonds is 6. The molecule has 0 bridgehead atoms. The standard InChI is InChI=1S/C17H21NO2/c1-19-16-9-8-13(11-17(16)20-2)10-15(12-18)14-6-4-3-5-7-14/h3-9,11,15H,10,12,18H2,1-2H3/t15-/m1/s1. The van der Waals surface area contributed by atoms with Gasteiger partial charge in [-0.25, -0.2) is 0 Å². The van der Waals surface area contributed by atoms with Gasteiger partial charge in [-0.05, 0) is 36.2 Å². The summed E-state index contributed by atoms with van der Waals surface area (Å²) in [5.41, 5.74) is 8.39. The van der Waals surface area contributed by atoms with Crippen LogP contribution >= 0.6 is 0 Å². The Hall–Kier alpha value is -2.00. The third-order valence-corrected chi connectivity index (χ3v) is 3.49. The second-order valence-electron chi connectivity index (χ2n) is 4.74. The molecule has 20 heavy (non-hydrogen) atoms. The van der Waals surface area contributed by atoms with E-state index in [4.69, 9.17) is 15.2 Å². The van der Waals surface area contributed by atoms with Gasteiger partial charge in [0.15, 0.2) is 11.5 Å². The molecule has 2 N–H and O–H groups in total. The van der Waals surface area contributed by atoms with Crippen LogP contribution in [0.2, 0.25) is 0 Å². The lowest BCUT2D eigenvalue weighted by atomic mass is 9.92. The molecule has 0 unspecified atom stereocenters. The van der Waals surface area contributed by atoms with Gasteiger partial charge < -0.3 is 15.2 Å². The summed E-state index contributed by atoms with van der Waals surface area (Å²) in [6.45, 7) is 0.623. The van der Waals surface area contributed by atoms with Crippen LogP contribution in [0.1, 0.15) is 17.0 Å². The highest BCUT2D eigenvalue weighted by atomic mass is 16.5. The van der Waals surface area contributed by atoms with Gasteiger partial charge in [0, 0.05) is 5.92 Å². The summed E-state index contributed by atoms with van der Waals surface area (Å²) in [6, 6.07) is 16.4. The van der Waals surface area contributed by atoms with E-state index in [0.29, 0.717) is 12.5 Å². The quantitative estimate of drug-likeness (QED) is 0.878. The molecule has 0 saturated heterocycles. The average molecular weight is 271 g/mol. The lowest BCUT2D eigenvalue weighted by molar-refractivity contribution is 0.354. The van der Waals surface area contributed by atoms with E-state index in [1.54, 1.807) is 14.2 Å². The molecule has 0 amide bonds. The highest BCUT2D eigenvalue weighted by Crippen LogP contribution is 2.29. The van der Waals surface area contributed by atoms with Crippen LogP contribution in [0.25, 0.3) is 0 Å². The fraction of sp³-hybridized carbons (Fsp3) is 0.294. The number of methoxy groups -OCH3 is 2. The smallest absolute Gasteiger partial charge is 0.160 e. The molecule has 1 atom stereocenters. The monoisotopic (exact) mass is 271 g/mol. The fourth-order valence-corrected chi connectivity index (χ4v) is 2.35. The molecule has 0 aromatic heterocycles. The van der Waals surface area contributed by atoms with Gasteiger partial charge in [-0.3, -0.25) is 0 Å². The molecule has 0 aliphatic rings. The van der Waals surface area contributed by atoms with Crippen molar-refractivity contribution in [2.45, 2.75) is 12.3 Å². The maximum Gasteiger partial charge on any atom is 0.160 e. The van der Waals surface area contributed by atoms with E-state index in [1.165, 1.54) is 11.1 Å². The van der Waals surface area contributed by atoms with Gasteiger partial charge in [-0.1, -0.05) is 36.4 Å². The maximum absolute atomic E-state index is 5.92. The molecular formula is C17H21NO2. The van der Waals surface area contributed by atoms with E-state index in [9.17, 15) is 0 Å². The Balaban J connectivity index is 2.20. The largest absolute Gasteiger partial charge is 0.493 e. The van der Waals surface area contributed by atoms with Crippen molar-refractivity contribution >= 4 is 0 Å². The zero-order chi connectivity index (χ0) is 14.4. The maximum atomic E-state index is 5.92. The minimum atomic E-state index is 0.314. The first-order valence-corrected chi connectivity index (χ1v) is 6.74. The Morgan fingerprint density at radius 3 is 2.25 bits per heavy atom. The van der Waals surface area contributed by atoms with Crippen LogP contribution in [0.3, 0.4) is 0 Å². The first kappa shape index (κ1) is 14.4. The van der Waals surface area contributed by atoms with E-state index in [2.05, 4.69) is 18.2 Å². The highest BCUT2D eigenvalue weighted by Gasteiger charge is 2.12. The minimum Gasteiger partial charge on any atom is -0.493 e. The molecule has 0 saturated carbocycles. The van der Waals surface area contributed by atoms with Gasteiger partial charge in [-0.15, -0.1) is 0 Å². The predicted octanol–water partition coefficient (Wildman–Crippen LogP) is 2.99. The molecular weight excluding hydrogens is 250 g/mol. The fourth-order valence-electron chi connectivity index (χ4n) is 2.35. The molecule has 0 aliphatic heterocycles. The van der Waals surface area contributed by atoms with Crippen LogP contribution in [0.5, 0.6) is 11.5 Å². The van der Waals surface area contributed by atoms with E-state index < -0.39 is 0 Å². The van der Waals surface area contributed by atoms with Crippen molar-refractivity contribution in [3.63, 3.8) is 0 Å². The third kappa shape index (κ3) is 3.31. The molecule has 2 rings (SSSR count). The summed E-state index contributed by atoms with van der Waals surface area (Å²) in [5.74, 6) is 1.82. The zero-order valence-corrected chi connectivity index (χ0v) is 12.0. The SMILES string of the molecule is COc1ccc(C[C@H](CN)c2ccccc2)cc1OC. The minimum absolute atomic E-state index is 0.314. The van der Waals surface area contributed by atoms with Gasteiger partial charge in [0.05, 0.1) is 14.2 Å². The van der Waals surface area contributed by atoms with E-state index in [1.807, 2.05) is 30.3 Å². The van der Waals surface area contributed by atoms with E-state index in [-0.39, 0.29) is 0 Å². The summed E-state index contributed by atoms with van der Waals surface area (Å²) in [6.07, 6.45) is 0.890. The van der Waals surface area contributed by atoms with Gasteiger partial charge in [0.25, 0.3) is 0 Å². The molecule has 3 heteroatoms. The first-order valence-electron chi connectivity index (χ1n) is 6.74. The molecule has 0 aliphatic carbocycles. The second-order valence-corrected chi connectivity index (χ2v) is 4.74. The van der Waals surface area contributed by atoms with Crippen LogP contribution in [-0.4, -0.2) is 20.8 Å². The van der Waals surface area contributed by atoms with Crippen LogP contribution < -0.4 is 15.2 Å². The molecule has 0 heterocycles. The van der Waals surface area contributed by atoms with Crippen LogP contribution in [0.15, 0.2) is 48.5 Å². The molecule has 0 radical (unpaired) electrons. The molecule has 3 nitrogen and oxygen atoms in total. The summed E-state index contributed by atoms with van der Waals surface area (Å²) in [5, 5.41) is 0. The summed E-state index contributed by atoms with van der Waals surface area (Å²) < 4.78 is 10.6. The van der Waals surface area contributed by atoms with Gasteiger partial charge in [-0.2, -0.15) is 0 Å². The Kier molecular flexibility index (Phi) is 5.02. The van der Waals surface area contributed by atoms with Crippen molar-refractivity contribution in [1.82, 2.24) is 0 Å². The predicted molar refractivity (Wildman–Crippen MR) is 81.5 cm³/mol. The van der Waals surface area contributed by atoms with Gasteiger partial charge in [0.2, 0.25) is 0 Å². The lowest BCUT2D eigenvalue weighted by Gasteiger charge is -2.16. The van der Waals surface area contributed by atoms with Crippen molar-refractivity contribution in [1.29, 1.82) is 0 Å². The summed E-state index contributed by atoms with van der Waals surface area (Å²) in [7, 11) is 3.30. The number of nitrogens with two attached hydrogens (primary N) is 1. The number of hydrogen-bond donors (Lipinski definition) is 1. The average Bonchev–Trinajstić information content (AvgIpc) is 2.53. The van der Waals surface area contributed by atoms with Crippen LogP contribution in [-0.2, 0) is 6.42 Å². The Labute approximate surface area is 120 Å². The van der Waals surface area contributed by atoms with Crippen molar-refractivity contribution in [2.75, 3.05) is 20.8 Å². The number of benzene rings is 2. The summed E-state index contributed by atoms with van der Waals surface area (Å²) >= 11 is 0. The number of ether oxygens (including phenoxy) is 2. The highest BCUT2D eigenvalue weighted by molar-refractivity contribution is 5.43. The zero-order valence-electron chi connectivity index (χ0n) is 12.0. The van der Waals surface area contributed by atoms with E-state index in [0.717, 1.165) is 17.9 Å². The molecule has 0 spiro atoms. The topological polar surface area (TPSA) is 44.5 Å². The summed E-state index contributed by atoms with van der Waals surface area (Å²) in [4.78, 5) is 0. The van der Waals surface area contributed by atoms with Crippen molar-refractivity contribution in [3.05, 3.63) is 59.7 Å². The van der Waals surface area contributed by atoms with Crippen molar-refractivity contribution < 1.29 is 9.47 Å². The van der Waals surface area contributed by atoms with Crippen LogP contribution in [0, 0.1) is 0 Å². The Morgan fingerprint density at radius 1 is 0.950 bits per heavy atom. The Bertz CT molecular complexity index is 540. The molecule has 0 fully saturated rings. The van der Waals surface area contributed by atoms with Crippen molar-refractivity contribution in [2.24, 2.45) is 5.73 Å². The van der Waals surface area contributed by atoms with E-state index >= 15 is 0 Å². The Morgan fingerprint density at radius 2 is 1.65 bits per heavy atom. The van der Waals surface area contributed by atoms with Crippen molar-refractivity contribution in [3.8, 4) is 11.5 Å². The number of hydrogen-bond acceptors (Lipinski definition) is 3. The van der Waals surface area contributed by atoms with Crippen LogP contribution in [0.4, 0.5) is 0 Å². The second kappa shape index (κ2) is 6.96. The molecule has 2 aromatic carbocycles. The third-order valence-electron chi connectivity index (χ3n) is 3.49. The van der Waals surface area contributed by atoms with Gasteiger partial charge >= 0.3 is 0 Å². The molecule has 2 aromatic rings. The first-order chi connectivity index (χ1) is 9.78. The molecule has 106 valence electrons. The van der Waals surface area contributed by atoms with Gasteiger partial charge in [0.1, 0.15) is 0 Å².